The van der Waals surface area contributed by atoms with Crippen molar-refractivity contribution in [3.05, 3.63) is 17.0 Å². The highest BCUT2D eigenvalue weighted by molar-refractivity contribution is 5.97. The third kappa shape index (κ3) is 1.63. The molecule has 0 saturated carbocycles. The molecule has 0 unspecified atom stereocenters. The monoisotopic (exact) mass is 305 g/mol. The lowest BCUT2D eigenvalue weighted by atomic mass is 10.0. The minimum absolute atomic E-state index is 0.0842. The number of hydrogen-bond acceptors (Lipinski definition) is 5. The summed E-state index contributed by atoms with van der Waals surface area (Å²) in [6, 6.07) is -0.207. The van der Waals surface area contributed by atoms with Crippen LogP contribution in [-0.4, -0.2) is 58.2 Å². The van der Waals surface area contributed by atoms with Gasteiger partial charge >= 0.3 is 0 Å². The van der Waals surface area contributed by atoms with Gasteiger partial charge in [-0.15, -0.1) is 0 Å². The lowest BCUT2D eigenvalue weighted by Gasteiger charge is -2.42. The van der Waals surface area contributed by atoms with Gasteiger partial charge in [-0.05, 0) is 20.3 Å². The molecule has 0 aliphatic carbocycles. The molecule has 4 rings (SSSR count). The van der Waals surface area contributed by atoms with Crippen LogP contribution in [0, 0.1) is 13.8 Å². The lowest BCUT2D eigenvalue weighted by molar-refractivity contribution is -0.179. The van der Waals surface area contributed by atoms with Crippen LogP contribution < -0.4 is 0 Å². The summed E-state index contributed by atoms with van der Waals surface area (Å²) >= 11 is 0. The second-order valence-electron chi connectivity index (χ2n) is 6.26. The van der Waals surface area contributed by atoms with E-state index in [1.54, 1.807) is 18.7 Å². The number of nitrogens with zero attached hydrogens (tertiary/aromatic N) is 3. The molecule has 7 heteroatoms. The average Bonchev–Trinajstić information content (AvgIpc) is 3.09. The fraction of sp³-hybridized carbons (Fsp3) is 0.667. The maximum absolute atomic E-state index is 12.9. The minimum Gasteiger partial charge on any atom is -0.361 e. The molecule has 1 aromatic rings. The van der Waals surface area contributed by atoms with Crippen molar-refractivity contribution in [2.24, 2.45) is 0 Å². The molecule has 2 atom stereocenters. The summed E-state index contributed by atoms with van der Waals surface area (Å²) in [4.78, 5) is 28.8. The van der Waals surface area contributed by atoms with Gasteiger partial charge in [0, 0.05) is 19.5 Å². The number of amides is 2. The third-order valence-corrected chi connectivity index (χ3v) is 5.12. The van der Waals surface area contributed by atoms with Gasteiger partial charge in [-0.2, -0.15) is 0 Å². The molecular formula is C15H19N3O4. The van der Waals surface area contributed by atoms with Crippen molar-refractivity contribution in [1.29, 1.82) is 0 Å². The average molecular weight is 305 g/mol. The Bertz CT molecular complexity index is 636. The van der Waals surface area contributed by atoms with Crippen LogP contribution in [0.2, 0.25) is 0 Å². The summed E-state index contributed by atoms with van der Waals surface area (Å²) in [6.45, 7) is 5.47. The molecular weight excluding hydrogens is 286 g/mol. The lowest BCUT2D eigenvalue weighted by Crippen LogP contribution is -2.56. The van der Waals surface area contributed by atoms with Crippen molar-refractivity contribution >= 4 is 11.8 Å². The number of rotatable bonds is 1. The number of aromatic nitrogens is 1. The van der Waals surface area contributed by atoms with Crippen LogP contribution in [0.5, 0.6) is 0 Å². The van der Waals surface area contributed by atoms with Gasteiger partial charge in [0.2, 0.25) is 5.91 Å². The van der Waals surface area contributed by atoms with E-state index in [1.807, 2.05) is 4.90 Å². The van der Waals surface area contributed by atoms with E-state index < -0.39 is 5.72 Å². The number of carbonyl (C=O) groups is 2. The van der Waals surface area contributed by atoms with Gasteiger partial charge in [0.15, 0.2) is 5.72 Å². The number of aryl methyl sites for hydroxylation is 2. The maximum Gasteiger partial charge on any atom is 0.259 e. The highest BCUT2D eigenvalue weighted by Gasteiger charge is 2.61. The van der Waals surface area contributed by atoms with Crippen molar-refractivity contribution in [1.82, 2.24) is 15.0 Å². The molecule has 3 aliphatic rings. The van der Waals surface area contributed by atoms with E-state index in [9.17, 15) is 9.59 Å². The van der Waals surface area contributed by atoms with Crippen molar-refractivity contribution in [3.8, 4) is 0 Å². The highest BCUT2D eigenvalue weighted by Crippen LogP contribution is 2.45. The van der Waals surface area contributed by atoms with Crippen LogP contribution in [0.3, 0.4) is 0 Å². The molecule has 3 saturated heterocycles. The molecule has 118 valence electrons. The number of likely N-dealkylation sites (tertiary alicyclic amines) is 1. The second-order valence-corrected chi connectivity index (χ2v) is 6.26. The van der Waals surface area contributed by atoms with Crippen molar-refractivity contribution in [2.45, 2.75) is 44.9 Å². The smallest absolute Gasteiger partial charge is 0.259 e. The van der Waals surface area contributed by atoms with E-state index in [4.69, 9.17) is 9.26 Å². The summed E-state index contributed by atoms with van der Waals surface area (Å²) in [6.07, 6.45) is 1.88. The predicted molar refractivity (Wildman–Crippen MR) is 75.0 cm³/mol. The first-order valence-corrected chi connectivity index (χ1v) is 7.73. The van der Waals surface area contributed by atoms with Crippen LogP contribution in [0.1, 0.15) is 41.1 Å². The standard InChI is InChI=1S/C15H19N3O4/c1-9-13(10(2)22-16-9)14(20)17-6-4-15-11(17)8-12(19)18(15)5-3-7-21-15/h11H,3-8H2,1-2H3/t11-,15+/m1/s1. The van der Waals surface area contributed by atoms with Gasteiger partial charge in [0.25, 0.3) is 5.91 Å². The van der Waals surface area contributed by atoms with Gasteiger partial charge in [0.1, 0.15) is 11.3 Å². The minimum atomic E-state index is -0.607. The SMILES string of the molecule is Cc1noc(C)c1C(=O)N1CC[C@@]23OCCCN2C(=O)C[C@@H]13. The summed E-state index contributed by atoms with van der Waals surface area (Å²) in [5.74, 6) is 0.497. The molecule has 3 fully saturated rings. The zero-order valence-corrected chi connectivity index (χ0v) is 12.8. The first kappa shape index (κ1) is 13.8. The van der Waals surface area contributed by atoms with Crippen LogP contribution in [0.4, 0.5) is 0 Å². The van der Waals surface area contributed by atoms with Crippen LogP contribution >= 0.6 is 0 Å². The molecule has 2 amide bonds. The normalized spacial score (nSPS) is 30.6. The van der Waals surface area contributed by atoms with E-state index in [0.717, 1.165) is 13.0 Å². The molecule has 0 aromatic carbocycles. The van der Waals surface area contributed by atoms with Crippen LogP contribution in [0.25, 0.3) is 0 Å². The summed E-state index contributed by atoms with van der Waals surface area (Å²) in [5, 5.41) is 3.86. The second kappa shape index (κ2) is 4.55. The van der Waals surface area contributed by atoms with Gasteiger partial charge in [-0.25, -0.2) is 0 Å². The Morgan fingerprint density at radius 1 is 1.36 bits per heavy atom. The Labute approximate surface area is 128 Å². The fourth-order valence-electron chi connectivity index (χ4n) is 4.12. The largest absolute Gasteiger partial charge is 0.361 e. The first-order valence-electron chi connectivity index (χ1n) is 7.73. The molecule has 0 radical (unpaired) electrons. The molecule has 7 nitrogen and oxygen atoms in total. The number of hydrogen-bond donors (Lipinski definition) is 0. The van der Waals surface area contributed by atoms with E-state index >= 15 is 0 Å². The van der Waals surface area contributed by atoms with Crippen LogP contribution in [0.15, 0.2) is 4.52 Å². The third-order valence-electron chi connectivity index (χ3n) is 5.12. The summed E-state index contributed by atoms with van der Waals surface area (Å²) in [7, 11) is 0. The maximum atomic E-state index is 12.9. The molecule has 1 aromatic heterocycles. The summed E-state index contributed by atoms with van der Waals surface area (Å²) < 4.78 is 11.1. The van der Waals surface area contributed by atoms with Crippen molar-refractivity contribution in [2.75, 3.05) is 19.7 Å². The van der Waals surface area contributed by atoms with Crippen LogP contribution in [-0.2, 0) is 9.53 Å². The van der Waals surface area contributed by atoms with Gasteiger partial charge < -0.3 is 19.1 Å². The molecule has 3 aliphatic heterocycles. The van der Waals surface area contributed by atoms with Gasteiger partial charge in [0.05, 0.1) is 24.8 Å². The Morgan fingerprint density at radius 2 is 2.18 bits per heavy atom. The number of ether oxygens (including phenoxy) is 1. The topological polar surface area (TPSA) is 75.9 Å². The molecule has 22 heavy (non-hydrogen) atoms. The Balaban J connectivity index is 1.68. The van der Waals surface area contributed by atoms with E-state index in [2.05, 4.69) is 5.16 Å². The quantitative estimate of drug-likeness (QED) is 0.769. The Morgan fingerprint density at radius 3 is 2.91 bits per heavy atom. The Hall–Kier alpha value is -1.89. The first-order chi connectivity index (χ1) is 10.5. The van der Waals surface area contributed by atoms with Gasteiger partial charge in [-0.1, -0.05) is 5.16 Å². The van der Waals surface area contributed by atoms with Crippen molar-refractivity contribution < 1.29 is 18.8 Å². The zero-order valence-electron chi connectivity index (χ0n) is 12.8. The Kier molecular flexibility index (Phi) is 2.84. The fourth-order valence-corrected chi connectivity index (χ4v) is 4.12. The van der Waals surface area contributed by atoms with Crippen molar-refractivity contribution in [3.63, 3.8) is 0 Å². The van der Waals surface area contributed by atoms with E-state index in [1.165, 1.54) is 0 Å². The molecule has 1 spiro atoms. The molecule has 0 N–H and O–H groups in total. The molecule has 0 bridgehead atoms. The van der Waals surface area contributed by atoms with Gasteiger partial charge in [-0.3, -0.25) is 9.59 Å². The number of carbonyl (C=O) groups excluding carboxylic acids is 2. The summed E-state index contributed by atoms with van der Waals surface area (Å²) in [5.41, 5.74) is 0.497. The van der Waals surface area contributed by atoms with E-state index in [0.29, 0.717) is 43.0 Å². The molecule has 4 heterocycles. The zero-order chi connectivity index (χ0) is 15.5. The predicted octanol–water partition coefficient (Wildman–Crippen LogP) is 0.855. The van der Waals surface area contributed by atoms with E-state index in [-0.39, 0.29) is 17.9 Å². The highest BCUT2D eigenvalue weighted by atomic mass is 16.5.